The number of hydrogen-bond donors (Lipinski definition) is 1. The van der Waals surface area contributed by atoms with E-state index in [-0.39, 0.29) is 26.3 Å². The van der Waals surface area contributed by atoms with E-state index < -0.39 is 15.8 Å². The largest absolute Gasteiger partial charge is 0.478 e. The molecule has 0 unspecified atom stereocenters. The first-order valence-electron chi connectivity index (χ1n) is 4.75. The van der Waals surface area contributed by atoms with Crippen LogP contribution < -0.4 is 0 Å². The molecule has 0 bridgehead atoms. The summed E-state index contributed by atoms with van der Waals surface area (Å²) in [5.41, 5.74) is -0.384. The molecule has 94 valence electrons. The van der Waals surface area contributed by atoms with E-state index in [1.54, 1.807) is 6.92 Å². The van der Waals surface area contributed by atoms with Gasteiger partial charge in [-0.25, -0.2) is 13.2 Å². The van der Waals surface area contributed by atoms with E-state index >= 15 is 0 Å². The Labute approximate surface area is 109 Å². The minimum Gasteiger partial charge on any atom is -0.478 e. The monoisotopic (exact) mass is 296 g/mol. The maximum absolute atomic E-state index is 11.8. The van der Waals surface area contributed by atoms with Gasteiger partial charge in [0.2, 0.25) is 0 Å². The SMILES string of the molecule is CCCS(=O)(=O)c1ccc(Cl)c(C(=O)O)c1Cl. The molecule has 1 N–H and O–H groups in total. The van der Waals surface area contributed by atoms with Crippen LogP contribution in [0.5, 0.6) is 0 Å². The van der Waals surface area contributed by atoms with Gasteiger partial charge in [0.15, 0.2) is 9.84 Å². The van der Waals surface area contributed by atoms with Crippen molar-refractivity contribution in [2.75, 3.05) is 5.75 Å². The zero-order valence-electron chi connectivity index (χ0n) is 8.91. The molecule has 0 saturated heterocycles. The van der Waals surface area contributed by atoms with Crippen LogP contribution in [0.3, 0.4) is 0 Å². The molecule has 0 amide bonds. The lowest BCUT2D eigenvalue weighted by Gasteiger charge is -2.08. The second-order valence-electron chi connectivity index (χ2n) is 3.36. The van der Waals surface area contributed by atoms with Crippen LogP contribution >= 0.6 is 23.2 Å². The van der Waals surface area contributed by atoms with Crippen LogP contribution in [0.2, 0.25) is 10.0 Å². The van der Waals surface area contributed by atoms with Gasteiger partial charge in [-0.3, -0.25) is 0 Å². The van der Waals surface area contributed by atoms with Gasteiger partial charge in [0, 0.05) is 0 Å². The molecule has 4 nitrogen and oxygen atoms in total. The van der Waals surface area contributed by atoms with Crippen molar-refractivity contribution in [1.82, 2.24) is 0 Å². The number of halogens is 2. The molecule has 0 aliphatic carbocycles. The summed E-state index contributed by atoms with van der Waals surface area (Å²) in [5, 5.41) is 8.48. The van der Waals surface area contributed by atoms with Gasteiger partial charge in [-0.15, -0.1) is 0 Å². The summed E-state index contributed by atoms with van der Waals surface area (Å²) >= 11 is 11.4. The Balaban J connectivity index is 3.49. The standard InChI is InChI=1S/C10H10Cl2O4S/c1-2-5-17(15,16)7-4-3-6(11)8(9(7)12)10(13)14/h3-4H,2,5H2,1H3,(H,13,14). The molecule has 0 spiro atoms. The molecule has 0 aliphatic rings. The lowest BCUT2D eigenvalue weighted by molar-refractivity contribution is 0.0697. The predicted octanol–water partition coefficient (Wildman–Crippen LogP) is 2.88. The fourth-order valence-electron chi connectivity index (χ4n) is 1.35. The Morgan fingerprint density at radius 2 is 1.94 bits per heavy atom. The highest BCUT2D eigenvalue weighted by Gasteiger charge is 2.23. The maximum Gasteiger partial charge on any atom is 0.338 e. The Morgan fingerprint density at radius 1 is 1.35 bits per heavy atom. The van der Waals surface area contributed by atoms with Crippen molar-refractivity contribution < 1.29 is 18.3 Å². The minimum atomic E-state index is -3.57. The third kappa shape index (κ3) is 2.91. The van der Waals surface area contributed by atoms with Crippen molar-refractivity contribution in [3.63, 3.8) is 0 Å². The molecule has 0 saturated carbocycles. The van der Waals surface area contributed by atoms with Crippen LogP contribution in [0.15, 0.2) is 17.0 Å². The Kier molecular flexibility index (Phi) is 4.41. The number of sulfone groups is 1. The van der Waals surface area contributed by atoms with Crippen molar-refractivity contribution in [3.05, 3.63) is 27.7 Å². The minimum absolute atomic E-state index is 0.0852. The first-order chi connectivity index (χ1) is 7.81. The number of carbonyl (C=O) groups is 1. The third-order valence-electron chi connectivity index (χ3n) is 2.08. The average Bonchev–Trinajstić information content (AvgIpc) is 2.15. The Bertz CT molecular complexity index is 552. The molecule has 17 heavy (non-hydrogen) atoms. The second kappa shape index (κ2) is 5.25. The van der Waals surface area contributed by atoms with Crippen LogP contribution in [0.4, 0.5) is 0 Å². The van der Waals surface area contributed by atoms with E-state index in [1.165, 1.54) is 12.1 Å². The summed E-state index contributed by atoms with van der Waals surface area (Å²) in [4.78, 5) is 10.7. The van der Waals surface area contributed by atoms with Crippen molar-refractivity contribution in [3.8, 4) is 0 Å². The summed E-state index contributed by atoms with van der Waals surface area (Å²) in [6.07, 6.45) is 0.420. The number of benzene rings is 1. The van der Waals surface area contributed by atoms with Crippen molar-refractivity contribution in [1.29, 1.82) is 0 Å². The highest BCUT2D eigenvalue weighted by molar-refractivity contribution is 7.91. The van der Waals surface area contributed by atoms with Crippen LogP contribution in [0.25, 0.3) is 0 Å². The van der Waals surface area contributed by atoms with Gasteiger partial charge in [-0.05, 0) is 18.6 Å². The summed E-state index contributed by atoms with van der Waals surface area (Å²) < 4.78 is 23.6. The molecule has 0 aromatic heterocycles. The lowest BCUT2D eigenvalue weighted by Crippen LogP contribution is -2.09. The maximum atomic E-state index is 11.8. The number of hydrogen-bond acceptors (Lipinski definition) is 3. The molecule has 0 atom stereocenters. The first kappa shape index (κ1) is 14.3. The molecule has 7 heteroatoms. The molecule has 0 heterocycles. The van der Waals surface area contributed by atoms with Crippen molar-refractivity contribution in [2.24, 2.45) is 0 Å². The second-order valence-corrected chi connectivity index (χ2v) is 6.22. The number of rotatable bonds is 4. The summed E-state index contributed by atoms with van der Waals surface area (Å²) in [6.45, 7) is 1.71. The van der Waals surface area contributed by atoms with Crippen molar-refractivity contribution in [2.45, 2.75) is 18.2 Å². The van der Waals surface area contributed by atoms with Gasteiger partial charge in [0.1, 0.15) is 0 Å². The molecular weight excluding hydrogens is 287 g/mol. The quantitative estimate of drug-likeness (QED) is 0.927. The highest BCUT2D eigenvalue weighted by atomic mass is 35.5. The molecule has 1 aromatic carbocycles. The summed E-state index contributed by atoms with van der Waals surface area (Å²) in [7, 11) is -3.57. The molecular formula is C10H10Cl2O4S. The zero-order valence-corrected chi connectivity index (χ0v) is 11.2. The van der Waals surface area contributed by atoms with E-state index in [1.807, 2.05) is 0 Å². The fourth-order valence-corrected chi connectivity index (χ4v) is 3.64. The Hall–Kier alpha value is -0.780. The predicted molar refractivity (Wildman–Crippen MR) is 65.8 cm³/mol. The van der Waals surface area contributed by atoms with Crippen LogP contribution in [-0.4, -0.2) is 25.2 Å². The van der Waals surface area contributed by atoms with E-state index in [9.17, 15) is 13.2 Å². The summed E-state index contributed by atoms with van der Waals surface area (Å²) in [5.74, 6) is -1.44. The lowest BCUT2D eigenvalue weighted by atomic mass is 10.2. The van der Waals surface area contributed by atoms with Crippen LogP contribution in [0.1, 0.15) is 23.7 Å². The number of carboxylic acid groups (broad SMARTS) is 1. The van der Waals surface area contributed by atoms with E-state index in [0.29, 0.717) is 6.42 Å². The molecule has 1 aromatic rings. The van der Waals surface area contributed by atoms with Crippen LogP contribution in [0, 0.1) is 0 Å². The van der Waals surface area contributed by atoms with Gasteiger partial charge in [0.05, 0.1) is 26.3 Å². The van der Waals surface area contributed by atoms with Gasteiger partial charge in [-0.1, -0.05) is 30.1 Å². The van der Waals surface area contributed by atoms with E-state index in [4.69, 9.17) is 28.3 Å². The van der Waals surface area contributed by atoms with Gasteiger partial charge in [-0.2, -0.15) is 0 Å². The molecule has 0 fully saturated rings. The van der Waals surface area contributed by atoms with Crippen molar-refractivity contribution >= 4 is 39.0 Å². The van der Waals surface area contributed by atoms with E-state index in [2.05, 4.69) is 0 Å². The normalized spacial score (nSPS) is 11.5. The molecule has 0 aliphatic heterocycles. The highest BCUT2D eigenvalue weighted by Crippen LogP contribution is 2.31. The molecule has 1 rings (SSSR count). The van der Waals surface area contributed by atoms with Gasteiger partial charge < -0.3 is 5.11 Å². The topological polar surface area (TPSA) is 71.4 Å². The third-order valence-corrected chi connectivity index (χ3v) is 4.85. The van der Waals surface area contributed by atoms with Gasteiger partial charge in [0.25, 0.3) is 0 Å². The fraction of sp³-hybridized carbons (Fsp3) is 0.300. The number of carboxylic acids is 1. The first-order valence-corrected chi connectivity index (χ1v) is 7.16. The smallest absolute Gasteiger partial charge is 0.338 e. The summed E-state index contributed by atoms with van der Waals surface area (Å²) in [6, 6.07) is 2.45. The zero-order chi connectivity index (χ0) is 13.2. The van der Waals surface area contributed by atoms with Gasteiger partial charge >= 0.3 is 5.97 Å². The van der Waals surface area contributed by atoms with E-state index in [0.717, 1.165) is 0 Å². The number of aromatic carboxylic acids is 1. The van der Waals surface area contributed by atoms with Crippen LogP contribution in [-0.2, 0) is 9.84 Å². The molecule has 0 radical (unpaired) electrons. The Morgan fingerprint density at radius 3 is 2.41 bits per heavy atom. The average molecular weight is 297 g/mol.